The van der Waals surface area contributed by atoms with E-state index >= 15 is 0 Å². The van der Waals surface area contributed by atoms with Gasteiger partial charge in [-0.3, -0.25) is 4.99 Å². The van der Waals surface area contributed by atoms with E-state index in [1.54, 1.807) is 0 Å². The Labute approximate surface area is 181 Å². The molecule has 6 nitrogen and oxygen atoms in total. The average Bonchev–Trinajstić information content (AvgIpc) is 2.70. The van der Waals surface area contributed by atoms with Gasteiger partial charge in [-0.25, -0.2) is 4.98 Å². The van der Waals surface area contributed by atoms with Gasteiger partial charge in [0.25, 0.3) is 0 Å². The van der Waals surface area contributed by atoms with E-state index in [0.717, 1.165) is 70.1 Å². The van der Waals surface area contributed by atoms with Crippen molar-refractivity contribution in [1.29, 1.82) is 0 Å². The number of hydrogen-bond acceptors (Lipinski definition) is 4. The fraction of sp³-hybridized carbons (Fsp3) is 0.700. The van der Waals surface area contributed by atoms with E-state index in [1.807, 2.05) is 13.2 Å². The number of guanidine groups is 1. The monoisotopic (exact) mass is 486 g/mol. The van der Waals surface area contributed by atoms with Gasteiger partial charge in [0, 0.05) is 59.1 Å². The first-order valence-electron chi connectivity index (χ1n) is 10.1. The lowest BCUT2D eigenvalue weighted by Gasteiger charge is -2.35. The minimum atomic E-state index is 0. The fourth-order valence-electron chi connectivity index (χ4n) is 3.77. The number of halogens is 1. The van der Waals surface area contributed by atoms with Gasteiger partial charge in [-0.1, -0.05) is 13.8 Å². The van der Waals surface area contributed by atoms with Crippen molar-refractivity contribution in [2.45, 2.75) is 33.2 Å². The lowest BCUT2D eigenvalue weighted by atomic mass is 10.00. The Morgan fingerprint density at radius 1 is 1.19 bits per heavy atom. The summed E-state index contributed by atoms with van der Waals surface area (Å²) >= 11 is 0. The van der Waals surface area contributed by atoms with E-state index in [1.165, 1.54) is 18.4 Å². The van der Waals surface area contributed by atoms with Gasteiger partial charge >= 0.3 is 0 Å². The smallest absolute Gasteiger partial charge is 0.193 e. The van der Waals surface area contributed by atoms with E-state index in [-0.39, 0.29) is 24.0 Å². The molecule has 7 heteroatoms. The molecule has 0 unspecified atom stereocenters. The quantitative estimate of drug-likeness (QED) is 0.403. The van der Waals surface area contributed by atoms with Gasteiger partial charge in [0.1, 0.15) is 5.82 Å². The van der Waals surface area contributed by atoms with Gasteiger partial charge in [-0.2, -0.15) is 0 Å². The highest BCUT2D eigenvalue weighted by molar-refractivity contribution is 14.0. The summed E-state index contributed by atoms with van der Waals surface area (Å²) in [5.41, 5.74) is 1.26. The third kappa shape index (κ3) is 6.20. The molecule has 0 amide bonds. The Morgan fingerprint density at radius 3 is 2.52 bits per heavy atom. The number of aromatic nitrogens is 1. The number of piperazine rings is 1. The van der Waals surface area contributed by atoms with Crippen molar-refractivity contribution < 1.29 is 0 Å². The molecule has 3 rings (SSSR count). The minimum Gasteiger partial charge on any atom is -0.354 e. The maximum Gasteiger partial charge on any atom is 0.193 e. The molecule has 3 heterocycles. The fourth-order valence-corrected chi connectivity index (χ4v) is 3.77. The van der Waals surface area contributed by atoms with E-state index in [4.69, 9.17) is 0 Å². The average molecular weight is 486 g/mol. The van der Waals surface area contributed by atoms with Crippen molar-refractivity contribution in [3.05, 3.63) is 23.9 Å². The van der Waals surface area contributed by atoms with Crippen molar-refractivity contribution in [3.63, 3.8) is 0 Å². The zero-order valence-corrected chi connectivity index (χ0v) is 19.4. The van der Waals surface area contributed by atoms with E-state index < -0.39 is 0 Å². The lowest BCUT2D eigenvalue weighted by Crippen LogP contribution is -2.46. The zero-order chi connectivity index (χ0) is 18.4. The lowest BCUT2D eigenvalue weighted by molar-refractivity contribution is 0.270. The first-order valence-corrected chi connectivity index (χ1v) is 10.1. The summed E-state index contributed by atoms with van der Waals surface area (Å²) in [5.74, 6) is 2.95. The van der Waals surface area contributed by atoms with Gasteiger partial charge in [0.05, 0.1) is 0 Å². The van der Waals surface area contributed by atoms with Crippen LogP contribution in [-0.4, -0.2) is 73.6 Å². The summed E-state index contributed by atoms with van der Waals surface area (Å²) in [6.45, 7) is 13.1. The number of likely N-dealkylation sites (N-methyl/N-ethyl adjacent to an activating group) is 1. The largest absolute Gasteiger partial charge is 0.354 e. The molecule has 2 fully saturated rings. The third-order valence-corrected chi connectivity index (χ3v) is 5.70. The molecule has 0 atom stereocenters. The van der Waals surface area contributed by atoms with Gasteiger partial charge in [-0.15, -0.1) is 24.0 Å². The number of pyridine rings is 1. The van der Waals surface area contributed by atoms with Gasteiger partial charge in [-0.05, 0) is 43.0 Å². The molecule has 1 N–H and O–H groups in total. The van der Waals surface area contributed by atoms with Crippen molar-refractivity contribution in [2.75, 3.05) is 57.8 Å². The summed E-state index contributed by atoms with van der Waals surface area (Å²) in [4.78, 5) is 16.4. The zero-order valence-electron chi connectivity index (χ0n) is 17.0. The van der Waals surface area contributed by atoms with Crippen LogP contribution in [0.4, 0.5) is 5.82 Å². The molecule has 1 aromatic heterocycles. The molecular weight excluding hydrogens is 451 g/mol. The SMILES string of the molecule is CCN1CCN(c2cc(CNC(=NC)N3CCC(C)CC3)ccn2)CC1.I. The normalized spacial score (nSPS) is 19.7. The molecule has 2 saturated heterocycles. The number of likely N-dealkylation sites (tertiary alicyclic amines) is 1. The molecule has 152 valence electrons. The summed E-state index contributed by atoms with van der Waals surface area (Å²) in [5, 5.41) is 3.54. The predicted octanol–water partition coefficient (Wildman–Crippen LogP) is 2.65. The van der Waals surface area contributed by atoms with E-state index in [9.17, 15) is 0 Å². The van der Waals surface area contributed by atoms with Crippen LogP contribution in [0.5, 0.6) is 0 Å². The Morgan fingerprint density at radius 2 is 1.89 bits per heavy atom. The van der Waals surface area contributed by atoms with Crippen LogP contribution >= 0.6 is 24.0 Å². The molecule has 0 saturated carbocycles. The third-order valence-electron chi connectivity index (χ3n) is 5.70. The minimum absolute atomic E-state index is 0. The highest BCUT2D eigenvalue weighted by atomic mass is 127. The molecule has 1 aromatic rings. The van der Waals surface area contributed by atoms with E-state index in [2.05, 4.69) is 56.0 Å². The van der Waals surface area contributed by atoms with Crippen molar-refractivity contribution in [2.24, 2.45) is 10.9 Å². The van der Waals surface area contributed by atoms with Crippen LogP contribution in [0.3, 0.4) is 0 Å². The number of nitrogens with zero attached hydrogens (tertiary/aromatic N) is 5. The second-order valence-corrected chi connectivity index (χ2v) is 7.51. The van der Waals surface area contributed by atoms with Crippen LogP contribution in [0, 0.1) is 5.92 Å². The van der Waals surface area contributed by atoms with Crippen LogP contribution in [0.1, 0.15) is 32.3 Å². The Kier molecular flexibility index (Phi) is 9.08. The molecule has 0 bridgehead atoms. The summed E-state index contributed by atoms with van der Waals surface area (Å²) < 4.78 is 0. The number of rotatable bonds is 4. The first-order chi connectivity index (χ1) is 12.7. The number of anilines is 1. The molecule has 2 aliphatic heterocycles. The molecule has 0 radical (unpaired) electrons. The van der Waals surface area contributed by atoms with Crippen molar-refractivity contribution in [1.82, 2.24) is 20.1 Å². The van der Waals surface area contributed by atoms with Gasteiger partial charge < -0.3 is 20.0 Å². The van der Waals surface area contributed by atoms with E-state index in [0.29, 0.717) is 0 Å². The maximum atomic E-state index is 4.60. The first kappa shape index (κ1) is 22.2. The summed E-state index contributed by atoms with van der Waals surface area (Å²) in [7, 11) is 1.88. The molecule has 2 aliphatic rings. The highest BCUT2D eigenvalue weighted by Gasteiger charge is 2.19. The Bertz CT molecular complexity index is 592. The Balaban J connectivity index is 0.00000261. The second kappa shape index (κ2) is 11.0. The van der Waals surface area contributed by atoms with Crippen LogP contribution < -0.4 is 10.2 Å². The topological polar surface area (TPSA) is 47.0 Å². The van der Waals surface area contributed by atoms with Crippen LogP contribution in [0.15, 0.2) is 23.3 Å². The van der Waals surface area contributed by atoms with Crippen LogP contribution in [0.25, 0.3) is 0 Å². The number of aliphatic imine (C=N–C) groups is 1. The van der Waals surface area contributed by atoms with Crippen LogP contribution in [0.2, 0.25) is 0 Å². The molecule has 27 heavy (non-hydrogen) atoms. The molecule has 0 aliphatic carbocycles. The Hall–Kier alpha value is -1.09. The number of nitrogens with one attached hydrogen (secondary N) is 1. The highest BCUT2D eigenvalue weighted by Crippen LogP contribution is 2.17. The van der Waals surface area contributed by atoms with Crippen molar-refractivity contribution in [3.8, 4) is 0 Å². The molecule has 0 aromatic carbocycles. The number of piperidine rings is 1. The van der Waals surface area contributed by atoms with Crippen molar-refractivity contribution >= 4 is 35.8 Å². The summed E-state index contributed by atoms with van der Waals surface area (Å²) in [6, 6.07) is 4.32. The van der Waals surface area contributed by atoms with Gasteiger partial charge in [0.15, 0.2) is 5.96 Å². The summed E-state index contributed by atoms with van der Waals surface area (Å²) in [6.07, 6.45) is 4.44. The second-order valence-electron chi connectivity index (χ2n) is 7.51. The maximum absolute atomic E-state index is 4.60. The van der Waals surface area contributed by atoms with Crippen LogP contribution in [-0.2, 0) is 6.54 Å². The molecule has 0 spiro atoms. The molecular formula is C20H35IN6. The number of hydrogen-bond donors (Lipinski definition) is 1. The van der Waals surface area contributed by atoms with Gasteiger partial charge in [0.2, 0.25) is 0 Å². The predicted molar refractivity (Wildman–Crippen MR) is 124 cm³/mol. The standard InChI is InChI=1S/C20H34N6.HI/c1-4-24-11-13-25(14-12-24)19-15-18(5-8-22-19)16-23-20(21-3)26-9-6-17(2)7-10-26;/h5,8,15,17H,4,6-7,9-14,16H2,1-3H3,(H,21,23);1H.